The van der Waals surface area contributed by atoms with Crippen LogP contribution in [0, 0.1) is 0 Å². The Labute approximate surface area is 228 Å². The number of nitrogens with zero attached hydrogens (tertiary/aromatic N) is 3. The summed E-state index contributed by atoms with van der Waals surface area (Å²) in [6.45, 7) is 12.2. The average molecular weight is 528 g/mol. The molecule has 5 nitrogen and oxygen atoms in total. The fourth-order valence-electron chi connectivity index (χ4n) is 6.04. The lowest BCUT2D eigenvalue weighted by atomic mass is 9.91. The van der Waals surface area contributed by atoms with Crippen LogP contribution in [0.25, 0.3) is 10.9 Å². The Morgan fingerprint density at radius 3 is 2.55 bits per heavy atom. The first-order chi connectivity index (χ1) is 18.1. The number of amides is 1. The molecule has 2 fully saturated rings. The van der Waals surface area contributed by atoms with Gasteiger partial charge >= 0.3 is 0 Å². The van der Waals surface area contributed by atoms with Crippen LogP contribution in [0.4, 0.5) is 0 Å². The molecule has 0 spiro atoms. The zero-order valence-electron chi connectivity index (χ0n) is 23.6. The third kappa shape index (κ3) is 4.71. The molecule has 0 bridgehead atoms. The minimum absolute atomic E-state index is 0.109. The van der Waals surface area contributed by atoms with E-state index in [1.165, 1.54) is 30.5 Å². The normalized spacial score (nSPS) is 22.2. The highest BCUT2D eigenvalue weighted by molar-refractivity contribution is 6.74. The SMILES string of the molecule is CC(C)(C)[Si](C)(C)O[C@H]1CCCC[C@@H]1N1Cc2c(cc(Cc3ccc(C4CC4)nc3)c3cccnc23)C1=O. The number of hydrogen-bond donors (Lipinski definition) is 0. The van der Waals surface area contributed by atoms with Crippen molar-refractivity contribution >= 4 is 25.1 Å². The number of carbonyl (C=O) groups is 1. The summed E-state index contributed by atoms with van der Waals surface area (Å²) in [6.07, 6.45) is 11.6. The summed E-state index contributed by atoms with van der Waals surface area (Å²) in [5.74, 6) is 0.800. The van der Waals surface area contributed by atoms with Crippen molar-refractivity contribution in [2.75, 3.05) is 0 Å². The van der Waals surface area contributed by atoms with Crippen LogP contribution < -0.4 is 0 Å². The lowest BCUT2D eigenvalue weighted by Crippen LogP contribution is -2.53. The summed E-state index contributed by atoms with van der Waals surface area (Å²) in [5, 5.41) is 1.29. The van der Waals surface area contributed by atoms with Crippen LogP contribution in [-0.4, -0.2) is 41.2 Å². The van der Waals surface area contributed by atoms with Gasteiger partial charge in [-0.05, 0) is 79.6 Å². The van der Waals surface area contributed by atoms with Crippen LogP contribution in [0.3, 0.4) is 0 Å². The number of hydrogen-bond acceptors (Lipinski definition) is 4. The molecule has 1 aliphatic heterocycles. The first kappa shape index (κ1) is 25.7. The van der Waals surface area contributed by atoms with Gasteiger partial charge in [0.05, 0.1) is 17.7 Å². The molecule has 200 valence electrons. The fraction of sp³-hybridized carbons (Fsp3) is 0.531. The molecular formula is C32H41N3O2Si. The predicted molar refractivity (Wildman–Crippen MR) is 155 cm³/mol. The highest BCUT2D eigenvalue weighted by atomic mass is 28.4. The summed E-state index contributed by atoms with van der Waals surface area (Å²) in [7, 11) is -1.95. The first-order valence-corrected chi connectivity index (χ1v) is 17.4. The lowest BCUT2D eigenvalue weighted by Gasteiger charge is -2.45. The van der Waals surface area contributed by atoms with Crippen LogP contribution in [0.2, 0.25) is 18.1 Å². The van der Waals surface area contributed by atoms with Crippen molar-refractivity contribution in [3.05, 3.63) is 70.7 Å². The molecule has 3 aromatic rings. The van der Waals surface area contributed by atoms with Gasteiger partial charge in [-0.1, -0.05) is 45.7 Å². The summed E-state index contributed by atoms with van der Waals surface area (Å²) in [6, 6.07) is 10.8. The van der Waals surface area contributed by atoms with Gasteiger partial charge in [0.25, 0.3) is 5.91 Å². The van der Waals surface area contributed by atoms with E-state index in [0.29, 0.717) is 12.5 Å². The smallest absolute Gasteiger partial charge is 0.254 e. The highest BCUT2D eigenvalue weighted by Gasteiger charge is 2.45. The molecule has 2 saturated carbocycles. The molecule has 6 rings (SSSR count). The second-order valence-electron chi connectivity index (χ2n) is 13.2. The molecule has 0 unspecified atom stereocenters. The molecule has 3 heterocycles. The van der Waals surface area contributed by atoms with Crippen molar-refractivity contribution in [3.8, 4) is 0 Å². The Morgan fingerprint density at radius 1 is 1.05 bits per heavy atom. The summed E-state index contributed by atoms with van der Waals surface area (Å²) in [5.41, 5.74) is 6.41. The maximum Gasteiger partial charge on any atom is 0.254 e. The molecule has 2 atom stereocenters. The van der Waals surface area contributed by atoms with Crippen molar-refractivity contribution < 1.29 is 9.22 Å². The van der Waals surface area contributed by atoms with E-state index in [9.17, 15) is 4.79 Å². The van der Waals surface area contributed by atoms with Crippen LogP contribution >= 0.6 is 0 Å². The molecule has 6 heteroatoms. The van der Waals surface area contributed by atoms with Gasteiger partial charge in [0, 0.05) is 47.1 Å². The second kappa shape index (κ2) is 9.56. The first-order valence-electron chi connectivity index (χ1n) is 14.5. The van der Waals surface area contributed by atoms with E-state index in [-0.39, 0.29) is 23.1 Å². The molecule has 1 aromatic carbocycles. The van der Waals surface area contributed by atoms with Crippen LogP contribution in [0.15, 0.2) is 42.7 Å². The zero-order chi connectivity index (χ0) is 26.7. The van der Waals surface area contributed by atoms with Crippen molar-refractivity contribution in [2.24, 2.45) is 0 Å². The maximum absolute atomic E-state index is 14.0. The second-order valence-corrected chi connectivity index (χ2v) is 18.0. The largest absolute Gasteiger partial charge is 0.412 e. The summed E-state index contributed by atoms with van der Waals surface area (Å²) < 4.78 is 6.96. The minimum Gasteiger partial charge on any atom is -0.412 e. The van der Waals surface area contributed by atoms with Crippen molar-refractivity contribution in [3.63, 3.8) is 0 Å². The molecular weight excluding hydrogens is 486 g/mol. The lowest BCUT2D eigenvalue weighted by molar-refractivity contribution is 0.0244. The Hall–Kier alpha value is -2.57. The van der Waals surface area contributed by atoms with Crippen molar-refractivity contribution in [2.45, 2.75) is 108 Å². The van der Waals surface area contributed by atoms with Gasteiger partial charge in [-0.3, -0.25) is 14.8 Å². The molecule has 3 aliphatic rings. The van der Waals surface area contributed by atoms with Gasteiger partial charge in [0.2, 0.25) is 0 Å². The zero-order valence-corrected chi connectivity index (χ0v) is 24.6. The number of pyridine rings is 2. The molecule has 0 radical (unpaired) electrons. The number of fused-ring (bicyclic) bond motifs is 3. The average Bonchev–Trinajstić information content (AvgIpc) is 3.68. The van der Waals surface area contributed by atoms with Crippen molar-refractivity contribution in [1.82, 2.24) is 14.9 Å². The van der Waals surface area contributed by atoms with Gasteiger partial charge in [-0.2, -0.15) is 0 Å². The molecule has 38 heavy (non-hydrogen) atoms. The maximum atomic E-state index is 14.0. The number of benzene rings is 1. The van der Waals surface area contributed by atoms with E-state index >= 15 is 0 Å². The van der Waals surface area contributed by atoms with Gasteiger partial charge in [0.15, 0.2) is 8.32 Å². The van der Waals surface area contributed by atoms with E-state index < -0.39 is 8.32 Å². The Bertz CT molecular complexity index is 1360. The van der Waals surface area contributed by atoms with Crippen LogP contribution in [0.5, 0.6) is 0 Å². The topological polar surface area (TPSA) is 55.3 Å². The van der Waals surface area contributed by atoms with E-state index in [0.717, 1.165) is 53.3 Å². The molecule has 2 aliphatic carbocycles. The van der Waals surface area contributed by atoms with E-state index in [1.54, 1.807) is 0 Å². The number of rotatable bonds is 6. The number of aromatic nitrogens is 2. The van der Waals surface area contributed by atoms with E-state index in [1.807, 2.05) is 18.5 Å². The van der Waals surface area contributed by atoms with Gasteiger partial charge < -0.3 is 9.33 Å². The van der Waals surface area contributed by atoms with E-state index in [2.05, 4.69) is 63.0 Å². The van der Waals surface area contributed by atoms with E-state index in [4.69, 9.17) is 14.4 Å². The van der Waals surface area contributed by atoms with Crippen molar-refractivity contribution in [1.29, 1.82) is 0 Å². The standard InChI is InChI=1S/C32H41N3O2Si/c1-32(2,3)38(4,5)37-29-11-7-6-10-28(29)35-20-26-25(31(35)36)18-23(24-9-8-16-33-30(24)26)17-21-12-15-27(34-19-21)22-13-14-22/h8-9,12,15-16,18-19,22,28-29H,6-7,10-11,13-14,17,20H2,1-5H3/t28-,29-/m0/s1. The Morgan fingerprint density at radius 2 is 1.84 bits per heavy atom. The summed E-state index contributed by atoms with van der Waals surface area (Å²) in [4.78, 5) is 25.7. The fourth-order valence-corrected chi connectivity index (χ4v) is 7.43. The monoisotopic (exact) mass is 527 g/mol. The quantitative estimate of drug-likeness (QED) is 0.314. The minimum atomic E-state index is -1.95. The predicted octanol–water partition coefficient (Wildman–Crippen LogP) is 7.39. The third-order valence-corrected chi connectivity index (χ3v) is 14.0. The number of carbonyl (C=O) groups excluding carboxylic acids is 1. The summed E-state index contributed by atoms with van der Waals surface area (Å²) >= 11 is 0. The molecule has 0 N–H and O–H groups in total. The van der Waals surface area contributed by atoms with Gasteiger partial charge in [-0.15, -0.1) is 0 Å². The van der Waals surface area contributed by atoms with Gasteiger partial charge in [-0.25, -0.2) is 0 Å². The highest BCUT2D eigenvalue weighted by Crippen LogP contribution is 2.42. The van der Waals surface area contributed by atoms with Crippen LogP contribution in [0.1, 0.15) is 98.0 Å². The Kier molecular flexibility index (Phi) is 6.46. The van der Waals surface area contributed by atoms with Crippen LogP contribution in [-0.2, 0) is 17.4 Å². The molecule has 0 saturated heterocycles. The molecule has 1 amide bonds. The molecule has 2 aromatic heterocycles. The Balaban J connectivity index is 1.31. The third-order valence-electron chi connectivity index (χ3n) is 9.46. The van der Waals surface area contributed by atoms with Gasteiger partial charge in [0.1, 0.15) is 0 Å².